The maximum Gasteiger partial charge on any atom is 0.254 e. The van der Waals surface area contributed by atoms with Gasteiger partial charge in [-0.05, 0) is 36.4 Å². The van der Waals surface area contributed by atoms with Gasteiger partial charge in [-0.1, -0.05) is 18.9 Å². The van der Waals surface area contributed by atoms with E-state index in [1.807, 2.05) is 30.5 Å². The molecule has 0 spiro atoms. The number of likely N-dealkylation sites (N-methyl/N-ethyl adjacent to an activating group) is 1. The summed E-state index contributed by atoms with van der Waals surface area (Å²) in [4.78, 5) is 17.4. The molecule has 0 radical (unpaired) electrons. The zero-order valence-electron chi connectivity index (χ0n) is 11.7. The highest BCUT2D eigenvalue weighted by Crippen LogP contribution is 2.24. The lowest BCUT2D eigenvalue weighted by Gasteiger charge is -2.35. The zero-order chi connectivity index (χ0) is 14.1. The molecule has 1 amide bonds. The number of aliphatic hydroxyl groups excluding tert-OH is 1. The van der Waals surface area contributed by atoms with Gasteiger partial charge in [0.15, 0.2) is 0 Å². The van der Waals surface area contributed by atoms with Crippen LogP contribution in [0.3, 0.4) is 0 Å². The first kappa shape index (κ1) is 13.2. The maximum atomic E-state index is 12.6. The number of rotatable bonds is 2. The Balaban J connectivity index is 1.83. The van der Waals surface area contributed by atoms with E-state index < -0.39 is 6.10 Å². The predicted octanol–water partition coefficient (Wildman–Crippen LogP) is 2.54. The van der Waals surface area contributed by atoms with Crippen molar-refractivity contribution in [2.45, 2.75) is 37.8 Å². The number of nitrogens with zero attached hydrogens (tertiary/aromatic N) is 1. The van der Waals surface area contributed by atoms with Gasteiger partial charge in [-0.25, -0.2) is 0 Å². The zero-order valence-corrected chi connectivity index (χ0v) is 11.7. The summed E-state index contributed by atoms with van der Waals surface area (Å²) in [7, 11) is 1.79. The van der Waals surface area contributed by atoms with Crippen molar-refractivity contribution in [1.82, 2.24) is 9.88 Å². The molecular weight excluding hydrogens is 252 g/mol. The van der Waals surface area contributed by atoms with E-state index in [2.05, 4.69) is 4.98 Å². The Labute approximate surface area is 118 Å². The number of carbonyl (C=O) groups is 1. The molecule has 4 nitrogen and oxygen atoms in total. The highest BCUT2D eigenvalue weighted by Gasteiger charge is 2.29. The first-order valence-electron chi connectivity index (χ1n) is 7.19. The molecule has 1 aromatic heterocycles. The van der Waals surface area contributed by atoms with E-state index in [1.165, 1.54) is 0 Å². The van der Waals surface area contributed by atoms with Crippen LogP contribution in [0.1, 0.15) is 36.0 Å². The van der Waals surface area contributed by atoms with Crippen LogP contribution in [-0.2, 0) is 0 Å². The lowest BCUT2D eigenvalue weighted by atomic mass is 9.91. The van der Waals surface area contributed by atoms with Crippen LogP contribution in [0.15, 0.2) is 30.5 Å². The third-order valence-electron chi connectivity index (χ3n) is 4.31. The second-order valence-electron chi connectivity index (χ2n) is 5.61. The van der Waals surface area contributed by atoms with Crippen molar-refractivity contribution in [3.8, 4) is 0 Å². The van der Waals surface area contributed by atoms with Gasteiger partial charge in [0.1, 0.15) is 0 Å². The summed E-state index contributed by atoms with van der Waals surface area (Å²) in [5, 5.41) is 11.2. The summed E-state index contributed by atoms with van der Waals surface area (Å²) in [6.07, 6.45) is 5.27. The summed E-state index contributed by atoms with van der Waals surface area (Å²) >= 11 is 0. The second-order valence-corrected chi connectivity index (χ2v) is 5.61. The maximum absolute atomic E-state index is 12.6. The summed E-state index contributed by atoms with van der Waals surface area (Å²) in [5.41, 5.74) is 1.63. The molecule has 1 aliphatic rings. The Hall–Kier alpha value is -1.81. The molecule has 106 valence electrons. The van der Waals surface area contributed by atoms with Crippen molar-refractivity contribution >= 4 is 16.8 Å². The molecule has 0 aliphatic heterocycles. The number of fused-ring (bicyclic) bond motifs is 1. The highest BCUT2D eigenvalue weighted by molar-refractivity contribution is 5.98. The number of hydrogen-bond acceptors (Lipinski definition) is 2. The predicted molar refractivity (Wildman–Crippen MR) is 78.7 cm³/mol. The number of aromatic amines is 1. The van der Waals surface area contributed by atoms with Gasteiger partial charge in [0, 0.05) is 24.3 Å². The Bertz CT molecular complexity index is 620. The fraction of sp³-hybridized carbons (Fsp3) is 0.438. The van der Waals surface area contributed by atoms with Crippen molar-refractivity contribution in [1.29, 1.82) is 0 Å². The van der Waals surface area contributed by atoms with E-state index >= 15 is 0 Å². The third-order valence-corrected chi connectivity index (χ3v) is 4.31. The molecule has 2 unspecified atom stereocenters. The fourth-order valence-electron chi connectivity index (χ4n) is 3.08. The number of aliphatic hydroxyl groups is 1. The normalized spacial score (nSPS) is 22.9. The monoisotopic (exact) mass is 272 g/mol. The molecule has 1 aromatic carbocycles. The summed E-state index contributed by atoms with van der Waals surface area (Å²) < 4.78 is 0. The number of amides is 1. The molecule has 2 aromatic rings. The first-order valence-corrected chi connectivity index (χ1v) is 7.19. The Kier molecular flexibility index (Phi) is 3.49. The van der Waals surface area contributed by atoms with Gasteiger partial charge >= 0.3 is 0 Å². The highest BCUT2D eigenvalue weighted by atomic mass is 16.3. The van der Waals surface area contributed by atoms with Crippen molar-refractivity contribution in [2.75, 3.05) is 7.05 Å². The molecule has 2 N–H and O–H groups in total. The number of hydrogen-bond donors (Lipinski definition) is 2. The van der Waals surface area contributed by atoms with Crippen LogP contribution in [0, 0.1) is 0 Å². The van der Waals surface area contributed by atoms with Gasteiger partial charge < -0.3 is 15.0 Å². The summed E-state index contributed by atoms with van der Waals surface area (Å²) in [5.74, 6) is -0.0209. The number of nitrogens with one attached hydrogen (secondary N) is 1. The van der Waals surface area contributed by atoms with Crippen LogP contribution in [0.4, 0.5) is 0 Å². The lowest BCUT2D eigenvalue weighted by Crippen LogP contribution is -2.46. The first-order chi connectivity index (χ1) is 9.66. The van der Waals surface area contributed by atoms with Gasteiger partial charge in [-0.15, -0.1) is 0 Å². The number of carbonyl (C=O) groups excluding carboxylic acids is 1. The van der Waals surface area contributed by atoms with Crippen molar-refractivity contribution in [3.05, 3.63) is 36.0 Å². The standard InChI is InChI=1S/C16H20N2O2/c1-18(14-4-2-3-5-15(14)19)16(20)12-7-6-11-8-9-17-13(11)10-12/h6-10,14-15,17,19H,2-5H2,1H3. The minimum Gasteiger partial charge on any atom is -0.391 e. The van der Waals surface area contributed by atoms with Gasteiger partial charge in [-0.2, -0.15) is 0 Å². The number of benzene rings is 1. The Morgan fingerprint density at radius 3 is 2.90 bits per heavy atom. The van der Waals surface area contributed by atoms with E-state index in [0.29, 0.717) is 5.56 Å². The van der Waals surface area contributed by atoms with E-state index in [0.717, 1.165) is 36.6 Å². The molecule has 2 atom stereocenters. The van der Waals surface area contributed by atoms with E-state index in [1.54, 1.807) is 11.9 Å². The minimum atomic E-state index is -0.396. The average Bonchev–Trinajstić information content (AvgIpc) is 2.93. The SMILES string of the molecule is CN(C(=O)c1ccc2cc[nH]c2c1)C1CCCCC1O. The van der Waals surface area contributed by atoms with Gasteiger partial charge in [0.25, 0.3) is 5.91 Å². The van der Waals surface area contributed by atoms with Crippen LogP contribution in [0.2, 0.25) is 0 Å². The molecule has 1 saturated carbocycles. The molecule has 3 rings (SSSR count). The molecule has 20 heavy (non-hydrogen) atoms. The topological polar surface area (TPSA) is 56.3 Å². The largest absolute Gasteiger partial charge is 0.391 e. The minimum absolute atomic E-state index is 0.0209. The van der Waals surface area contributed by atoms with Crippen LogP contribution < -0.4 is 0 Å². The van der Waals surface area contributed by atoms with Crippen molar-refractivity contribution in [2.24, 2.45) is 0 Å². The van der Waals surface area contributed by atoms with Crippen LogP contribution in [0.25, 0.3) is 10.9 Å². The number of H-pyrrole nitrogens is 1. The molecule has 4 heteroatoms. The molecular formula is C16H20N2O2. The summed E-state index contributed by atoms with van der Waals surface area (Å²) in [6, 6.07) is 7.60. The third kappa shape index (κ3) is 2.31. The molecule has 0 bridgehead atoms. The van der Waals surface area contributed by atoms with E-state index in [4.69, 9.17) is 0 Å². The van der Waals surface area contributed by atoms with E-state index in [-0.39, 0.29) is 11.9 Å². The fourth-order valence-corrected chi connectivity index (χ4v) is 3.08. The quantitative estimate of drug-likeness (QED) is 0.882. The summed E-state index contributed by atoms with van der Waals surface area (Å²) in [6.45, 7) is 0. The molecule has 1 heterocycles. The van der Waals surface area contributed by atoms with Gasteiger partial charge in [0.05, 0.1) is 12.1 Å². The van der Waals surface area contributed by atoms with Crippen LogP contribution in [-0.4, -0.2) is 40.1 Å². The molecule has 0 saturated heterocycles. The Morgan fingerprint density at radius 2 is 2.10 bits per heavy atom. The Morgan fingerprint density at radius 1 is 1.30 bits per heavy atom. The molecule has 1 aliphatic carbocycles. The van der Waals surface area contributed by atoms with Gasteiger partial charge in [-0.3, -0.25) is 4.79 Å². The average molecular weight is 272 g/mol. The van der Waals surface area contributed by atoms with Crippen molar-refractivity contribution in [3.63, 3.8) is 0 Å². The second kappa shape index (κ2) is 5.29. The number of aromatic nitrogens is 1. The van der Waals surface area contributed by atoms with E-state index in [9.17, 15) is 9.90 Å². The van der Waals surface area contributed by atoms with Gasteiger partial charge in [0.2, 0.25) is 0 Å². The van der Waals surface area contributed by atoms with Crippen LogP contribution in [0.5, 0.6) is 0 Å². The lowest BCUT2D eigenvalue weighted by molar-refractivity contribution is 0.0268. The van der Waals surface area contributed by atoms with Crippen LogP contribution >= 0.6 is 0 Å². The smallest absolute Gasteiger partial charge is 0.254 e. The van der Waals surface area contributed by atoms with Crippen molar-refractivity contribution < 1.29 is 9.90 Å². The molecule has 1 fully saturated rings.